The van der Waals surface area contributed by atoms with Gasteiger partial charge in [-0.3, -0.25) is 0 Å². The molecule has 184 valence electrons. The Hall–Kier alpha value is -1.08. The van der Waals surface area contributed by atoms with Crippen LogP contribution in [0.2, 0.25) is 0 Å². The first-order valence-electron chi connectivity index (χ1n) is 14.0. The molecule has 2 saturated carbocycles. The predicted octanol–water partition coefficient (Wildman–Crippen LogP) is 10.5. The van der Waals surface area contributed by atoms with Gasteiger partial charge in [-0.15, -0.1) is 0 Å². The second-order valence-corrected chi connectivity index (χ2v) is 14.5. The highest BCUT2D eigenvalue weighted by Gasteiger charge is 2.54. The smallest absolute Gasteiger partial charge is 0.0272 e. The van der Waals surface area contributed by atoms with Crippen molar-refractivity contribution in [2.75, 3.05) is 0 Å². The van der Waals surface area contributed by atoms with E-state index >= 15 is 0 Å². The SMILES string of the molecule is CC(C)(C)c1ccc2c(c1)C(C1CCCCC1)(C1CCCCC1)c1cc(C(C)(C)C)cc(Br)c1-2. The van der Waals surface area contributed by atoms with Crippen LogP contribution in [0.5, 0.6) is 0 Å². The minimum atomic E-state index is 0.147. The summed E-state index contributed by atoms with van der Waals surface area (Å²) in [7, 11) is 0. The average Bonchev–Trinajstić information content (AvgIpc) is 3.10. The van der Waals surface area contributed by atoms with Gasteiger partial charge < -0.3 is 0 Å². The lowest BCUT2D eigenvalue weighted by molar-refractivity contribution is 0.137. The summed E-state index contributed by atoms with van der Waals surface area (Å²) in [5.74, 6) is 1.53. The molecule has 34 heavy (non-hydrogen) atoms. The van der Waals surface area contributed by atoms with Gasteiger partial charge in [-0.05, 0) is 82.2 Å². The summed E-state index contributed by atoms with van der Waals surface area (Å²) in [5.41, 5.74) is 9.87. The molecule has 0 unspecified atom stereocenters. The van der Waals surface area contributed by atoms with Gasteiger partial charge >= 0.3 is 0 Å². The van der Waals surface area contributed by atoms with Gasteiger partial charge in [0, 0.05) is 15.5 Å². The number of rotatable bonds is 2. The van der Waals surface area contributed by atoms with Gasteiger partial charge in [-0.25, -0.2) is 0 Å². The van der Waals surface area contributed by atoms with E-state index in [1.54, 1.807) is 11.1 Å². The maximum Gasteiger partial charge on any atom is 0.0272 e. The van der Waals surface area contributed by atoms with Crippen molar-refractivity contribution in [1.29, 1.82) is 0 Å². The summed E-state index contributed by atoms with van der Waals surface area (Å²) in [6.07, 6.45) is 14.0. The highest BCUT2D eigenvalue weighted by molar-refractivity contribution is 9.10. The predicted molar refractivity (Wildman–Crippen MR) is 151 cm³/mol. The normalized spacial score (nSPS) is 21.4. The number of fused-ring (bicyclic) bond motifs is 3. The summed E-state index contributed by atoms with van der Waals surface area (Å²) in [6, 6.07) is 12.7. The van der Waals surface area contributed by atoms with Gasteiger partial charge in [0.05, 0.1) is 0 Å². The molecule has 0 aromatic heterocycles. The fourth-order valence-electron chi connectivity index (χ4n) is 7.68. The van der Waals surface area contributed by atoms with Crippen molar-refractivity contribution in [3.63, 3.8) is 0 Å². The summed E-state index contributed by atoms with van der Waals surface area (Å²) in [5, 5.41) is 0. The monoisotopic (exact) mass is 520 g/mol. The first kappa shape index (κ1) is 24.6. The maximum atomic E-state index is 4.12. The van der Waals surface area contributed by atoms with E-state index in [9.17, 15) is 0 Å². The van der Waals surface area contributed by atoms with Crippen LogP contribution in [0.1, 0.15) is 128 Å². The Bertz CT molecular complexity index is 1030. The summed E-state index contributed by atoms with van der Waals surface area (Å²) >= 11 is 4.12. The van der Waals surface area contributed by atoms with E-state index < -0.39 is 0 Å². The van der Waals surface area contributed by atoms with Crippen molar-refractivity contribution in [3.05, 3.63) is 57.1 Å². The van der Waals surface area contributed by atoms with E-state index in [-0.39, 0.29) is 16.2 Å². The Balaban J connectivity index is 1.86. The first-order chi connectivity index (χ1) is 16.0. The van der Waals surface area contributed by atoms with E-state index in [0.29, 0.717) is 0 Å². The van der Waals surface area contributed by atoms with Gasteiger partial charge in [-0.1, -0.05) is 120 Å². The molecule has 0 atom stereocenters. The largest absolute Gasteiger partial charge is 0.0579 e. The van der Waals surface area contributed by atoms with Crippen molar-refractivity contribution in [2.24, 2.45) is 11.8 Å². The molecule has 0 bridgehead atoms. The lowest BCUT2D eigenvalue weighted by atomic mass is 9.54. The molecule has 2 aromatic rings. The van der Waals surface area contributed by atoms with Crippen LogP contribution >= 0.6 is 15.9 Å². The molecule has 3 aliphatic carbocycles. The molecule has 0 aliphatic heterocycles. The summed E-state index contributed by atoms with van der Waals surface area (Å²) in [4.78, 5) is 0. The molecule has 0 radical (unpaired) electrons. The lowest BCUT2D eigenvalue weighted by Gasteiger charge is -2.49. The summed E-state index contributed by atoms with van der Waals surface area (Å²) in [6.45, 7) is 14.3. The molecular weight excluding hydrogens is 476 g/mol. The lowest BCUT2D eigenvalue weighted by Crippen LogP contribution is -2.44. The Morgan fingerprint density at radius 2 is 1.15 bits per heavy atom. The van der Waals surface area contributed by atoms with E-state index in [4.69, 9.17) is 0 Å². The van der Waals surface area contributed by atoms with Crippen LogP contribution < -0.4 is 0 Å². The second kappa shape index (κ2) is 8.79. The van der Waals surface area contributed by atoms with Gasteiger partial charge in [0.25, 0.3) is 0 Å². The first-order valence-corrected chi connectivity index (χ1v) is 14.8. The molecular formula is C33H45Br. The minimum Gasteiger partial charge on any atom is -0.0579 e. The van der Waals surface area contributed by atoms with Crippen molar-refractivity contribution < 1.29 is 0 Å². The zero-order valence-corrected chi connectivity index (χ0v) is 24.1. The minimum absolute atomic E-state index is 0.147. The third-order valence-electron chi connectivity index (χ3n) is 9.50. The van der Waals surface area contributed by atoms with Crippen LogP contribution in [-0.2, 0) is 16.2 Å². The van der Waals surface area contributed by atoms with E-state index in [1.165, 1.54) is 90.9 Å². The second-order valence-electron chi connectivity index (χ2n) is 13.7. The highest BCUT2D eigenvalue weighted by atomic mass is 79.9. The van der Waals surface area contributed by atoms with E-state index in [0.717, 1.165) is 11.8 Å². The van der Waals surface area contributed by atoms with Crippen LogP contribution in [0.15, 0.2) is 34.8 Å². The Morgan fingerprint density at radius 1 is 0.647 bits per heavy atom. The highest BCUT2D eigenvalue weighted by Crippen LogP contribution is 2.63. The number of halogens is 1. The van der Waals surface area contributed by atoms with Gasteiger partial charge in [0.2, 0.25) is 0 Å². The maximum absolute atomic E-state index is 4.12. The number of benzene rings is 2. The third kappa shape index (κ3) is 3.93. The zero-order chi connectivity index (χ0) is 24.3. The average molecular weight is 522 g/mol. The molecule has 5 rings (SSSR count). The van der Waals surface area contributed by atoms with E-state index in [1.807, 2.05) is 0 Å². The number of hydrogen-bond donors (Lipinski definition) is 0. The Morgan fingerprint density at radius 3 is 1.65 bits per heavy atom. The molecule has 0 amide bonds. The quantitative estimate of drug-likeness (QED) is 0.369. The zero-order valence-electron chi connectivity index (χ0n) is 22.5. The van der Waals surface area contributed by atoms with Gasteiger partial charge in [0.15, 0.2) is 0 Å². The van der Waals surface area contributed by atoms with Crippen LogP contribution in [0.4, 0.5) is 0 Å². The fourth-order valence-corrected chi connectivity index (χ4v) is 8.36. The van der Waals surface area contributed by atoms with Gasteiger partial charge in [0.1, 0.15) is 0 Å². The summed E-state index contributed by atoms with van der Waals surface area (Å²) < 4.78 is 1.31. The topological polar surface area (TPSA) is 0 Å². The molecule has 0 nitrogen and oxygen atoms in total. The molecule has 0 heterocycles. The van der Waals surface area contributed by atoms with Crippen LogP contribution in [0, 0.1) is 11.8 Å². The molecule has 0 saturated heterocycles. The third-order valence-corrected chi connectivity index (χ3v) is 10.1. The van der Waals surface area contributed by atoms with Gasteiger partial charge in [-0.2, -0.15) is 0 Å². The van der Waals surface area contributed by atoms with Crippen LogP contribution in [0.3, 0.4) is 0 Å². The van der Waals surface area contributed by atoms with Crippen molar-refractivity contribution >= 4 is 15.9 Å². The standard InChI is InChI=1S/C33H45Br/c1-31(2,3)24-17-18-26-27(19-24)33(22-13-9-7-10-14-22,23-15-11-8-12-16-23)28-20-25(32(4,5)6)21-29(34)30(26)28/h17-23H,7-16H2,1-6H3. The van der Waals surface area contributed by atoms with Crippen molar-refractivity contribution in [3.8, 4) is 11.1 Å². The number of hydrogen-bond acceptors (Lipinski definition) is 0. The molecule has 0 N–H and O–H groups in total. The van der Waals surface area contributed by atoms with Crippen molar-refractivity contribution in [2.45, 2.75) is 122 Å². The molecule has 3 aliphatic rings. The van der Waals surface area contributed by atoms with Crippen LogP contribution in [0.25, 0.3) is 11.1 Å². The molecule has 2 fully saturated rings. The Labute approximate surface area is 217 Å². The van der Waals surface area contributed by atoms with E-state index in [2.05, 4.69) is 87.8 Å². The molecule has 0 spiro atoms. The Kier molecular flexibility index (Phi) is 6.36. The van der Waals surface area contributed by atoms with Crippen molar-refractivity contribution in [1.82, 2.24) is 0 Å². The fraction of sp³-hybridized carbons (Fsp3) is 0.636. The molecule has 1 heteroatoms. The van der Waals surface area contributed by atoms with Crippen LogP contribution in [-0.4, -0.2) is 0 Å². The molecule has 2 aromatic carbocycles.